The van der Waals surface area contributed by atoms with Crippen LogP contribution in [0.5, 0.6) is 0 Å². The Labute approximate surface area is 218 Å². The summed E-state index contributed by atoms with van der Waals surface area (Å²) in [6.07, 6.45) is 3.38. The first kappa shape index (κ1) is 24.2. The van der Waals surface area contributed by atoms with E-state index in [-0.39, 0.29) is 17.3 Å². The number of hydrogen-bond acceptors (Lipinski definition) is 7. The number of fused-ring (bicyclic) bond motifs is 1. The highest BCUT2D eigenvalue weighted by atomic mass is 16.4. The molecule has 9 heteroatoms. The summed E-state index contributed by atoms with van der Waals surface area (Å²) in [5, 5.41) is 31.8. The Morgan fingerprint density at radius 1 is 1.05 bits per heavy atom. The molecule has 0 aliphatic rings. The van der Waals surface area contributed by atoms with Gasteiger partial charge in [0.2, 0.25) is 0 Å². The summed E-state index contributed by atoms with van der Waals surface area (Å²) >= 11 is 0. The van der Waals surface area contributed by atoms with E-state index in [4.69, 9.17) is 10.2 Å². The van der Waals surface area contributed by atoms with Gasteiger partial charge in [0.25, 0.3) is 0 Å². The van der Waals surface area contributed by atoms with E-state index in [1.54, 1.807) is 53.5 Å². The highest BCUT2D eigenvalue weighted by Crippen LogP contribution is 2.31. The monoisotopic (exact) mass is 499 g/mol. The zero-order valence-electron chi connectivity index (χ0n) is 20.5. The molecule has 2 heterocycles. The highest BCUT2D eigenvalue weighted by Gasteiger charge is 2.20. The van der Waals surface area contributed by atoms with Crippen molar-refractivity contribution in [3.05, 3.63) is 101 Å². The first-order chi connectivity index (χ1) is 18.4. The van der Waals surface area contributed by atoms with Gasteiger partial charge in [-0.05, 0) is 61.9 Å². The molecule has 0 aliphatic carbocycles. The molecule has 5 aromatic rings. The molecule has 0 bridgehead atoms. The van der Waals surface area contributed by atoms with Gasteiger partial charge in [-0.2, -0.15) is 10.5 Å². The fraction of sp³-hybridized carbons (Fsp3) is 0.103. The molecule has 0 saturated heterocycles. The zero-order chi connectivity index (χ0) is 26.8. The predicted molar refractivity (Wildman–Crippen MR) is 142 cm³/mol. The third-order valence-corrected chi connectivity index (χ3v) is 6.17. The van der Waals surface area contributed by atoms with Crippen LogP contribution >= 0.6 is 0 Å². The molecule has 38 heavy (non-hydrogen) atoms. The molecule has 0 radical (unpaired) electrons. The lowest BCUT2D eigenvalue weighted by Gasteiger charge is -2.19. The Morgan fingerprint density at radius 3 is 2.53 bits per heavy atom. The number of carboxylic acids is 1. The van der Waals surface area contributed by atoms with E-state index in [2.05, 4.69) is 27.4 Å². The lowest BCUT2D eigenvalue weighted by atomic mass is 10.0. The Kier molecular flexibility index (Phi) is 6.26. The lowest BCUT2D eigenvalue weighted by Crippen LogP contribution is -2.12. The summed E-state index contributed by atoms with van der Waals surface area (Å²) < 4.78 is 1.78. The van der Waals surface area contributed by atoms with E-state index in [1.807, 2.05) is 38.1 Å². The van der Waals surface area contributed by atoms with Crippen LogP contribution in [-0.2, 0) is 0 Å². The van der Waals surface area contributed by atoms with Crippen molar-refractivity contribution in [1.29, 1.82) is 10.5 Å². The number of para-hydroxylation sites is 1. The standard InChI is InChI=1S/C29H21N7O2/c1-17-11-22(18(2)33-23-6-4-3-5-21(23)29(37)38)27-24(12-17)34-25(14-31)28(35-27)26-15-36(16-32-26)20-9-7-19(13-30)8-10-20/h3-12,15-16,18,33H,1-2H3,(H,37,38)/t18-/m1/s1. The number of rotatable bonds is 6. The molecule has 2 aromatic heterocycles. The van der Waals surface area contributed by atoms with Crippen LogP contribution < -0.4 is 5.32 Å². The normalized spacial score (nSPS) is 11.5. The Bertz CT molecular complexity index is 1780. The van der Waals surface area contributed by atoms with Gasteiger partial charge in [0.15, 0.2) is 5.69 Å². The molecular formula is C29H21N7O2. The number of nitrogens with zero attached hydrogens (tertiary/aromatic N) is 6. The molecule has 0 amide bonds. The van der Waals surface area contributed by atoms with Crippen molar-refractivity contribution in [3.8, 4) is 29.2 Å². The number of aromatic nitrogens is 4. The molecule has 0 spiro atoms. The van der Waals surface area contributed by atoms with E-state index in [9.17, 15) is 15.2 Å². The molecule has 0 unspecified atom stereocenters. The Hall–Kier alpha value is -5.54. The largest absolute Gasteiger partial charge is 0.478 e. The van der Waals surface area contributed by atoms with E-state index in [1.165, 1.54) is 0 Å². The minimum absolute atomic E-state index is 0.149. The quantitative estimate of drug-likeness (QED) is 0.316. The molecule has 0 saturated carbocycles. The first-order valence-electron chi connectivity index (χ1n) is 11.7. The van der Waals surface area contributed by atoms with Gasteiger partial charge < -0.3 is 15.0 Å². The van der Waals surface area contributed by atoms with Crippen LogP contribution in [-0.4, -0.2) is 30.6 Å². The average molecular weight is 500 g/mol. The molecular weight excluding hydrogens is 478 g/mol. The van der Waals surface area contributed by atoms with E-state index < -0.39 is 5.97 Å². The van der Waals surface area contributed by atoms with Gasteiger partial charge in [0.05, 0.1) is 40.6 Å². The van der Waals surface area contributed by atoms with Gasteiger partial charge in [-0.25, -0.2) is 19.7 Å². The highest BCUT2D eigenvalue weighted by molar-refractivity contribution is 5.94. The van der Waals surface area contributed by atoms with Crippen LogP contribution in [0.15, 0.2) is 73.2 Å². The number of aromatic carboxylic acids is 1. The lowest BCUT2D eigenvalue weighted by molar-refractivity contribution is 0.0698. The van der Waals surface area contributed by atoms with Gasteiger partial charge in [0, 0.05) is 23.1 Å². The molecule has 9 nitrogen and oxygen atoms in total. The maximum Gasteiger partial charge on any atom is 0.337 e. The summed E-state index contributed by atoms with van der Waals surface area (Å²) in [6.45, 7) is 3.85. The van der Waals surface area contributed by atoms with Gasteiger partial charge >= 0.3 is 5.97 Å². The summed E-state index contributed by atoms with van der Waals surface area (Å²) in [6, 6.07) is 21.5. The maximum atomic E-state index is 11.7. The Balaban J connectivity index is 1.59. The fourth-order valence-corrected chi connectivity index (χ4v) is 4.32. The van der Waals surface area contributed by atoms with Crippen molar-refractivity contribution < 1.29 is 9.90 Å². The molecule has 5 rings (SSSR count). The number of hydrogen-bond donors (Lipinski definition) is 2. The SMILES string of the molecule is Cc1cc([C@@H](C)Nc2ccccc2C(=O)O)c2nc(-c3cn(-c4ccc(C#N)cc4)cn3)c(C#N)nc2c1. The Morgan fingerprint density at radius 2 is 1.82 bits per heavy atom. The smallest absolute Gasteiger partial charge is 0.337 e. The van der Waals surface area contributed by atoms with Gasteiger partial charge in [0.1, 0.15) is 17.5 Å². The van der Waals surface area contributed by atoms with E-state index >= 15 is 0 Å². The van der Waals surface area contributed by atoms with Crippen LogP contribution in [0.25, 0.3) is 28.1 Å². The number of anilines is 1. The third kappa shape index (κ3) is 4.52. The number of nitrogens with one attached hydrogen (secondary N) is 1. The predicted octanol–water partition coefficient (Wildman–Crippen LogP) is 5.41. The van der Waals surface area contributed by atoms with Crippen LogP contribution in [0, 0.1) is 29.6 Å². The van der Waals surface area contributed by atoms with Crippen LogP contribution in [0.2, 0.25) is 0 Å². The molecule has 1 atom stereocenters. The minimum Gasteiger partial charge on any atom is -0.478 e. The van der Waals surface area contributed by atoms with Crippen molar-refractivity contribution in [2.75, 3.05) is 5.32 Å². The number of imidazole rings is 1. The summed E-state index contributed by atoms with van der Waals surface area (Å²) in [5.41, 5.74) is 5.88. The second-order valence-electron chi connectivity index (χ2n) is 8.80. The van der Waals surface area contributed by atoms with Gasteiger partial charge in [-0.3, -0.25) is 0 Å². The molecule has 0 fully saturated rings. The zero-order valence-corrected chi connectivity index (χ0v) is 20.5. The number of carbonyl (C=O) groups is 1. The van der Waals surface area contributed by atoms with Crippen LogP contribution in [0.3, 0.4) is 0 Å². The second-order valence-corrected chi connectivity index (χ2v) is 8.80. The minimum atomic E-state index is -1.02. The van der Waals surface area contributed by atoms with E-state index in [0.29, 0.717) is 33.7 Å². The summed E-state index contributed by atoms with van der Waals surface area (Å²) in [5.74, 6) is -1.02. The van der Waals surface area contributed by atoms with Crippen molar-refractivity contribution in [3.63, 3.8) is 0 Å². The number of nitriles is 2. The maximum absolute atomic E-state index is 11.7. The molecule has 2 N–H and O–H groups in total. The topological polar surface area (TPSA) is 141 Å². The number of benzene rings is 3. The fourth-order valence-electron chi connectivity index (χ4n) is 4.32. The van der Waals surface area contributed by atoms with Gasteiger partial charge in [-0.15, -0.1) is 0 Å². The summed E-state index contributed by atoms with van der Waals surface area (Å²) in [4.78, 5) is 25.6. The van der Waals surface area contributed by atoms with Crippen LogP contribution in [0.4, 0.5) is 5.69 Å². The third-order valence-electron chi connectivity index (χ3n) is 6.17. The first-order valence-corrected chi connectivity index (χ1v) is 11.7. The van der Waals surface area contributed by atoms with Crippen molar-refractivity contribution in [2.24, 2.45) is 0 Å². The van der Waals surface area contributed by atoms with Crippen molar-refractivity contribution in [2.45, 2.75) is 19.9 Å². The average Bonchev–Trinajstić information content (AvgIpc) is 3.42. The summed E-state index contributed by atoms with van der Waals surface area (Å²) in [7, 11) is 0. The second kappa shape index (κ2) is 9.84. The van der Waals surface area contributed by atoms with Gasteiger partial charge in [-0.1, -0.05) is 18.2 Å². The van der Waals surface area contributed by atoms with Crippen molar-refractivity contribution >= 4 is 22.7 Å². The van der Waals surface area contributed by atoms with E-state index in [0.717, 1.165) is 16.8 Å². The van der Waals surface area contributed by atoms with Crippen molar-refractivity contribution in [1.82, 2.24) is 19.5 Å². The number of aryl methyl sites for hydroxylation is 1. The molecule has 184 valence electrons. The number of carboxylic acid groups (broad SMARTS) is 1. The van der Waals surface area contributed by atoms with Crippen LogP contribution in [0.1, 0.15) is 45.7 Å². The molecule has 0 aliphatic heterocycles. The molecule has 3 aromatic carbocycles.